The summed E-state index contributed by atoms with van der Waals surface area (Å²) in [4.78, 5) is 12.7. The first kappa shape index (κ1) is 26.0. The zero-order valence-electron chi connectivity index (χ0n) is 16.3. The molecule has 0 saturated carbocycles. The molecule has 4 nitrogen and oxygen atoms in total. The SMILES string of the molecule is C=CCOc1c(C)nn(CC)c(=O)c1-c1ccccc1C.CC.[CH3-].[Y]. The van der Waals surface area contributed by atoms with Crippen LogP contribution in [-0.4, -0.2) is 16.4 Å². The van der Waals surface area contributed by atoms with Crippen LogP contribution in [0.25, 0.3) is 11.1 Å². The molecule has 0 aliphatic heterocycles. The van der Waals surface area contributed by atoms with E-state index in [1.54, 1.807) is 6.08 Å². The van der Waals surface area contributed by atoms with E-state index in [1.807, 2.05) is 58.9 Å². The molecule has 0 atom stereocenters. The second-order valence-corrected chi connectivity index (χ2v) is 4.83. The Morgan fingerprint density at radius 2 is 1.84 bits per heavy atom. The summed E-state index contributed by atoms with van der Waals surface area (Å²) in [7, 11) is 0. The van der Waals surface area contributed by atoms with Crippen molar-refractivity contribution in [2.75, 3.05) is 6.61 Å². The average Bonchev–Trinajstić information content (AvgIpc) is 2.58. The summed E-state index contributed by atoms with van der Waals surface area (Å²) in [6.45, 7) is 14.3. The van der Waals surface area contributed by atoms with E-state index in [0.717, 1.165) is 11.1 Å². The Bertz CT molecular complexity index is 724. The van der Waals surface area contributed by atoms with E-state index >= 15 is 0 Å². The molecular weight excluding hydrogens is 389 g/mol. The Hall–Kier alpha value is -1.26. The van der Waals surface area contributed by atoms with Crippen molar-refractivity contribution < 1.29 is 37.4 Å². The average molecular weight is 418 g/mol. The first-order chi connectivity index (χ1) is 11.1. The fourth-order valence-corrected chi connectivity index (χ4v) is 2.30. The van der Waals surface area contributed by atoms with Crippen LogP contribution in [0.1, 0.15) is 32.0 Å². The van der Waals surface area contributed by atoms with Gasteiger partial charge >= 0.3 is 0 Å². The third-order valence-corrected chi connectivity index (χ3v) is 3.33. The molecule has 2 rings (SSSR count). The van der Waals surface area contributed by atoms with Crippen molar-refractivity contribution in [3.63, 3.8) is 0 Å². The maximum absolute atomic E-state index is 12.7. The van der Waals surface area contributed by atoms with Crippen LogP contribution in [-0.2, 0) is 39.3 Å². The molecule has 0 bridgehead atoms. The Morgan fingerprint density at radius 3 is 2.36 bits per heavy atom. The minimum atomic E-state index is -0.128. The number of benzene rings is 1. The van der Waals surface area contributed by atoms with Crippen molar-refractivity contribution in [2.24, 2.45) is 0 Å². The summed E-state index contributed by atoms with van der Waals surface area (Å²) in [5.74, 6) is 0.541. The van der Waals surface area contributed by atoms with Crippen LogP contribution in [0.15, 0.2) is 41.7 Å². The van der Waals surface area contributed by atoms with Crippen LogP contribution < -0.4 is 10.3 Å². The van der Waals surface area contributed by atoms with E-state index in [9.17, 15) is 4.79 Å². The van der Waals surface area contributed by atoms with Gasteiger partial charge in [0.25, 0.3) is 5.56 Å². The molecule has 1 aromatic heterocycles. The van der Waals surface area contributed by atoms with Gasteiger partial charge in [0, 0.05) is 39.3 Å². The maximum atomic E-state index is 12.7. The molecular formula is C20H29N2O2Y-. The van der Waals surface area contributed by atoms with E-state index in [-0.39, 0.29) is 45.7 Å². The molecule has 2 aromatic rings. The predicted octanol–water partition coefficient (Wildman–Crippen LogP) is 4.59. The third kappa shape index (κ3) is 6.20. The second kappa shape index (κ2) is 13.0. The number of ether oxygens (including phenoxy) is 1. The molecule has 135 valence electrons. The van der Waals surface area contributed by atoms with E-state index < -0.39 is 0 Å². The maximum Gasteiger partial charge on any atom is 0.278 e. The molecule has 0 saturated heterocycles. The van der Waals surface area contributed by atoms with Crippen LogP contribution in [0.3, 0.4) is 0 Å². The number of nitrogens with zero attached hydrogens (tertiary/aromatic N) is 2. The standard InChI is InChI=1S/C17H20N2O2.C2H6.CH3.Y/c1-5-11-21-16-13(4)18-19(6-2)17(20)15(16)14-10-8-7-9-12(14)3;1-2;;/h5,7-10H,1,6,11H2,2-4H3;1-2H3;1H3;/q;;-1;. The van der Waals surface area contributed by atoms with Crippen molar-refractivity contribution >= 4 is 0 Å². The molecule has 0 spiro atoms. The molecule has 1 radical (unpaired) electrons. The normalized spacial score (nSPS) is 9.00. The van der Waals surface area contributed by atoms with Crippen LogP contribution in [0.4, 0.5) is 0 Å². The molecule has 0 unspecified atom stereocenters. The van der Waals surface area contributed by atoms with Gasteiger partial charge in [-0.25, -0.2) is 4.68 Å². The molecule has 0 aliphatic carbocycles. The van der Waals surface area contributed by atoms with Crippen molar-refractivity contribution in [3.8, 4) is 16.9 Å². The van der Waals surface area contributed by atoms with Crippen LogP contribution in [0.2, 0.25) is 0 Å². The van der Waals surface area contributed by atoms with E-state index in [1.165, 1.54) is 4.68 Å². The first-order valence-corrected chi connectivity index (χ1v) is 8.01. The summed E-state index contributed by atoms with van der Waals surface area (Å²) >= 11 is 0. The van der Waals surface area contributed by atoms with Gasteiger partial charge in [-0.3, -0.25) is 4.79 Å². The van der Waals surface area contributed by atoms with E-state index in [4.69, 9.17) is 4.74 Å². The Labute approximate surface area is 177 Å². The Kier molecular flexibility index (Phi) is 13.5. The van der Waals surface area contributed by atoms with E-state index in [2.05, 4.69) is 11.7 Å². The monoisotopic (exact) mass is 418 g/mol. The third-order valence-electron chi connectivity index (χ3n) is 3.33. The number of rotatable bonds is 5. The molecule has 5 heteroatoms. The van der Waals surface area contributed by atoms with Gasteiger partial charge in [0.2, 0.25) is 0 Å². The van der Waals surface area contributed by atoms with Gasteiger partial charge in [0.05, 0.1) is 5.56 Å². The fourth-order valence-electron chi connectivity index (χ4n) is 2.30. The van der Waals surface area contributed by atoms with Gasteiger partial charge in [-0.15, -0.1) is 0 Å². The molecule has 0 aliphatic rings. The minimum Gasteiger partial charge on any atom is -0.487 e. The number of hydrogen-bond acceptors (Lipinski definition) is 3. The second-order valence-electron chi connectivity index (χ2n) is 4.83. The largest absolute Gasteiger partial charge is 0.487 e. The van der Waals surface area contributed by atoms with Crippen molar-refractivity contribution in [1.29, 1.82) is 0 Å². The number of hydrogen-bond donors (Lipinski definition) is 0. The van der Waals surface area contributed by atoms with Crippen molar-refractivity contribution in [2.45, 2.75) is 41.2 Å². The summed E-state index contributed by atoms with van der Waals surface area (Å²) in [6, 6.07) is 7.80. The summed E-state index contributed by atoms with van der Waals surface area (Å²) < 4.78 is 7.18. The molecule has 0 fully saturated rings. The first-order valence-electron chi connectivity index (χ1n) is 8.01. The summed E-state index contributed by atoms with van der Waals surface area (Å²) in [6.07, 6.45) is 1.66. The number of aryl methyl sites for hydroxylation is 3. The molecule has 25 heavy (non-hydrogen) atoms. The predicted molar refractivity (Wildman–Crippen MR) is 103 cm³/mol. The van der Waals surface area contributed by atoms with Gasteiger partial charge in [-0.05, 0) is 31.9 Å². The van der Waals surface area contributed by atoms with Gasteiger partial charge in [0.1, 0.15) is 12.3 Å². The Balaban J connectivity index is 0. The molecule has 1 heterocycles. The van der Waals surface area contributed by atoms with Crippen molar-refractivity contribution in [1.82, 2.24) is 9.78 Å². The summed E-state index contributed by atoms with van der Waals surface area (Å²) in [5, 5.41) is 4.30. The van der Waals surface area contributed by atoms with Crippen LogP contribution in [0, 0.1) is 21.3 Å². The van der Waals surface area contributed by atoms with Gasteiger partial charge in [-0.1, -0.05) is 50.8 Å². The van der Waals surface area contributed by atoms with Crippen LogP contribution in [0.5, 0.6) is 5.75 Å². The zero-order valence-corrected chi connectivity index (χ0v) is 19.1. The van der Waals surface area contributed by atoms with Gasteiger partial charge in [-0.2, -0.15) is 5.10 Å². The Morgan fingerprint density at radius 1 is 1.24 bits per heavy atom. The fraction of sp³-hybridized carbons (Fsp3) is 0.350. The van der Waals surface area contributed by atoms with Gasteiger partial charge in [0.15, 0.2) is 5.75 Å². The van der Waals surface area contributed by atoms with Crippen LogP contribution >= 0.6 is 0 Å². The topological polar surface area (TPSA) is 44.1 Å². The number of aromatic nitrogens is 2. The molecule has 0 N–H and O–H groups in total. The quantitative estimate of drug-likeness (QED) is 0.527. The minimum absolute atomic E-state index is 0. The van der Waals surface area contributed by atoms with Crippen molar-refractivity contribution in [3.05, 3.63) is 66.0 Å². The zero-order chi connectivity index (χ0) is 17.4. The summed E-state index contributed by atoms with van der Waals surface area (Å²) in [5.41, 5.74) is 3.07. The smallest absolute Gasteiger partial charge is 0.278 e. The van der Waals surface area contributed by atoms with Gasteiger partial charge < -0.3 is 12.2 Å². The van der Waals surface area contributed by atoms with E-state index in [0.29, 0.717) is 30.2 Å². The molecule has 1 aromatic carbocycles. The molecule has 0 amide bonds.